The molecule has 88 valence electrons. The fourth-order valence-electron chi connectivity index (χ4n) is 1.29. The third-order valence-corrected chi connectivity index (χ3v) is 3.42. The van der Waals surface area contributed by atoms with Gasteiger partial charge in [-0.2, -0.15) is 0 Å². The van der Waals surface area contributed by atoms with Crippen molar-refractivity contribution in [1.29, 1.82) is 0 Å². The van der Waals surface area contributed by atoms with Gasteiger partial charge in [0.05, 0.1) is 0 Å². The van der Waals surface area contributed by atoms with Crippen molar-refractivity contribution in [2.24, 2.45) is 0 Å². The van der Waals surface area contributed by atoms with Gasteiger partial charge < -0.3 is 0 Å². The summed E-state index contributed by atoms with van der Waals surface area (Å²) in [6.45, 7) is 5.87. The fourth-order valence-corrected chi connectivity index (χ4v) is 2.54. The molecule has 0 atom stereocenters. The minimum absolute atomic E-state index is 0.314. The second-order valence-corrected chi connectivity index (χ2v) is 6.26. The first-order valence-electron chi connectivity index (χ1n) is 4.12. The molecular formula is C10H6Cl6. The summed E-state index contributed by atoms with van der Waals surface area (Å²) in [6.07, 6.45) is 0. The van der Waals surface area contributed by atoms with Crippen LogP contribution in [0.1, 0.15) is 36.8 Å². The van der Waals surface area contributed by atoms with Crippen LogP contribution >= 0.6 is 69.6 Å². The molecule has 0 bridgehead atoms. The van der Waals surface area contributed by atoms with E-state index in [1.807, 2.05) is 0 Å². The number of halogens is 6. The first-order chi connectivity index (χ1) is 7.36. The van der Waals surface area contributed by atoms with E-state index >= 15 is 0 Å². The van der Waals surface area contributed by atoms with Gasteiger partial charge in [-0.1, -0.05) is 12.1 Å². The predicted octanol–water partition coefficient (Wildman–Crippen LogP) is 6.17. The maximum absolute atomic E-state index is 5.87. The maximum Gasteiger partial charge on any atom is 0.133 e. The van der Waals surface area contributed by atoms with Crippen LogP contribution in [0.25, 0.3) is 0 Å². The Morgan fingerprint density at radius 2 is 1.19 bits per heavy atom. The third kappa shape index (κ3) is 3.25. The molecule has 16 heavy (non-hydrogen) atoms. The van der Waals surface area contributed by atoms with E-state index in [9.17, 15) is 0 Å². The molecular weight excluding hydrogens is 333 g/mol. The van der Waals surface area contributed by atoms with Crippen molar-refractivity contribution in [2.45, 2.75) is 14.5 Å². The lowest BCUT2D eigenvalue weighted by molar-refractivity contribution is 1.16. The minimum atomic E-state index is -0.845. The third-order valence-electron chi connectivity index (χ3n) is 2.04. The van der Waals surface area contributed by atoms with Gasteiger partial charge in [0.15, 0.2) is 0 Å². The molecule has 0 spiro atoms. The molecule has 0 aromatic heterocycles. The van der Waals surface area contributed by atoms with Gasteiger partial charge in [-0.25, -0.2) is 0 Å². The minimum Gasteiger partial charge on any atom is -0.100 e. The number of hydrogen-bond acceptors (Lipinski definition) is 0. The van der Waals surface area contributed by atoms with Crippen LogP contribution in [0.4, 0.5) is 0 Å². The van der Waals surface area contributed by atoms with Crippen molar-refractivity contribution in [3.63, 3.8) is 0 Å². The topological polar surface area (TPSA) is 0 Å². The lowest BCUT2D eigenvalue weighted by Crippen LogP contribution is -2.01. The Morgan fingerprint density at radius 1 is 0.750 bits per heavy atom. The molecule has 0 amide bonds. The van der Waals surface area contributed by atoms with Gasteiger partial charge in [0, 0.05) is 0 Å². The van der Waals surface area contributed by atoms with E-state index < -0.39 is 14.5 Å². The van der Waals surface area contributed by atoms with Crippen LogP contribution in [-0.2, 0) is 0 Å². The summed E-state index contributed by atoms with van der Waals surface area (Å²) in [7, 11) is 0. The van der Waals surface area contributed by atoms with Crippen LogP contribution in [0.5, 0.6) is 0 Å². The van der Waals surface area contributed by atoms with Crippen molar-refractivity contribution in [3.8, 4) is 0 Å². The first kappa shape index (κ1) is 15.0. The van der Waals surface area contributed by atoms with E-state index in [2.05, 4.69) is 0 Å². The first-order valence-corrected chi connectivity index (χ1v) is 6.74. The molecule has 0 saturated carbocycles. The van der Waals surface area contributed by atoms with E-state index in [1.165, 1.54) is 0 Å². The van der Waals surface area contributed by atoms with Crippen LogP contribution in [0.3, 0.4) is 0 Å². The van der Waals surface area contributed by atoms with Crippen LogP contribution < -0.4 is 0 Å². The van der Waals surface area contributed by atoms with Crippen LogP contribution in [0, 0.1) is 6.92 Å². The SMILES string of the molecule is [CH]c1c(C(Cl)Cl)ccc(C(Cl)Cl)c1C(Cl)Cl. The fraction of sp³-hybridized carbons (Fsp3) is 0.300. The second-order valence-electron chi connectivity index (χ2n) is 2.97. The van der Waals surface area contributed by atoms with E-state index in [0.717, 1.165) is 0 Å². The van der Waals surface area contributed by atoms with Crippen LogP contribution in [-0.4, -0.2) is 0 Å². The molecule has 0 nitrogen and oxygen atoms in total. The monoisotopic (exact) mass is 336 g/mol. The molecule has 0 aliphatic carbocycles. The Balaban J connectivity index is 3.42. The molecule has 0 N–H and O–H groups in total. The van der Waals surface area contributed by atoms with Gasteiger partial charge in [-0.05, 0) is 29.2 Å². The quantitative estimate of drug-likeness (QED) is 0.578. The smallest absolute Gasteiger partial charge is 0.100 e. The van der Waals surface area contributed by atoms with Gasteiger partial charge in [0.2, 0.25) is 0 Å². The molecule has 2 radical (unpaired) electrons. The highest BCUT2D eigenvalue weighted by Crippen LogP contribution is 2.41. The summed E-state index contributed by atoms with van der Waals surface area (Å²) in [4.78, 5) is -2.37. The van der Waals surface area contributed by atoms with Crippen molar-refractivity contribution in [3.05, 3.63) is 41.3 Å². The van der Waals surface area contributed by atoms with Crippen LogP contribution in [0.15, 0.2) is 12.1 Å². The molecule has 0 heterocycles. The highest BCUT2D eigenvalue weighted by molar-refractivity contribution is 6.46. The zero-order valence-electron chi connectivity index (χ0n) is 7.73. The summed E-state index contributed by atoms with van der Waals surface area (Å²) in [6, 6.07) is 3.30. The van der Waals surface area contributed by atoms with Crippen molar-refractivity contribution >= 4 is 69.6 Å². The normalized spacial score (nSPS) is 11.9. The number of benzene rings is 1. The van der Waals surface area contributed by atoms with E-state index in [0.29, 0.717) is 22.3 Å². The molecule has 1 aromatic rings. The Labute approximate surface area is 125 Å². The van der Waals surface area contributed by atoms with E-state index in [4.69, 9.17) is 76.5 Å². The Kier molecular flexibility index (Phi) is 5.84. The average molecular weight is 339 g/mol. The molecule has 0 unspecified atom stereocenters. The number of rotatable bonds is 3. The summed E-state index contributed by atoms with van der Waals surface area (Å²) in [5.41, 5.74) is 1.84. The number of alkyl halides is 6. The average Bonchev–Trinajstić information content (AvgIpc) is 2.15. The lowest BCUT2D eigenvalue weighted by Gasteiger charge is -2.17. The maximum atomic E-state index is 5.87. The Morgan fingerprint density at radius 3 is 1.56 bits per heavy atom. The molecule has 6 heteroatoms. The van der Waals surface area contributed by atoms with Crippen molar-refractivity contribution in [1.82, 2.24) is 0 Å². The molecule has 1 rings (SSSR count). The Bertz CT molecular complexity index is 372. The summed E-state index contributed by atoms with van der Waals surface area (Å²) in [5, 5.41) is 0. The molecule has 0 aliphatic heterocycles. The second kappa shape index (κ2) is 6.22. The van der Waals surface area contributed by atoms with Gasteiger partial charge in [0.1, 0.15) is 14.5 Å². The highest BCUT2D eigenvalue weighted by atomic mass is 35.5. The van der Waals surface area contributed by atoms with E-state index in [1.54, 1.807) is 12.1 Å². The standard InChI is InChI=1S/C10H6Cl6/c1-4-5(8(11)12)2-3-6(9(13)14)7(4)10(15)16/h1-3,8-10H. The zero-order valence-corrected chi connectivity index (χ0v) is 12.3. The summed E-state index contributed by atoms with van der Waals surface area (Å²) >= 11 is 34.7. The van der Waals surface area contributed by atoms with Crippen molar-refractivity contribution in [2.75, 3.05) is 0 Å². The molecule has 1 aromatic carbocycles. The van der Waals surface area contributed by atoms with Crippen molar-refractivity contribution < 1.29 is 0 Å². The lowest BCUT2D eigenvalue weighted by atomic mass is 9.99. The Hall–Kier alpha value is 0.960. The number of hydrogen-bond donors (Lipinski definition) is 0. The van der Waals surface area contributed by atoms with Gasteiger partial charge >= 0.3 is 0 Å². The van der Waals surface area contributed by atoms with Crippen LogP contribution in [0.2, 0.25) is 0 Å². The van der Waals surface area contributed by atoms with Gasteiger partial charge in [-0.15, -0.1) is 69.6 Å². The predicted molar refractivity (Wildman–Crippen MR) is 73.2 cm³/mol. The molecule has 0 aliphatic rings. The highest BCUT2D eigenvalue weighted by Gasteiger charge is 2.21. The largest absolute Gasteiger partial charge is 0.133 e. The zero-order chi connectivity index (χ0) is 12.5. The van der Waals surface area contributed by atoms with Gasteiger partial charge in [0.25, 0.3) is 0 Å². The van der Waals surface area contributed by atoms with Gasteiger partial charge in [-0.3, -0.25) is 0 Å². The van der Waals surface area contributed by atoms with E-state index in [-0.39, 0.29) is 0 Å². The summed E-state index contributed by atoms with van der Waals surface area (Å²) < 4.78 is 0. The molecule has 0 fully saturated rings. The summed E-state index contributed by atoms with van der Waals surface area (Å²) in [5.74, 6) is 0. The molecule has 0 saturated heterocycles.